The van der Waals surface area contributed by atoms with Crippen LogP contribution in [-0.4, -0.2) is 30.1 Å². The largest absolute Gasteiger partial charge is 0.507 e. The first kappa shape index (κ1) is 11.9. The molecule has 0 aliphatic carbocycles. The monoisotopic (exact) mass is 238 g/mol. The van der Waals surface area contributed by atoms with Crippen molar-refractivity contribution in [1.82, 2.24) is 10.6 Å². The highest BCUT2D eigenvalue weighted by molar-refractivity contribution is 5.97. The van der Waals surface area contributed by atoms with Gasteiger partial charge in [-0.05, 0) is 31.5 Å². The van der Waals surface area contributed by atoms with Gasteiger partial charge in [0.05, 0.1) is 0 Å². The maximum Gasteiger partial charge on any atom is 0.258 e. The normalized spacial score (nSPS) is 19.9. The molecule has 17 heavy (non-hydrogen) atoms. The predicted octanol–water partition coefficient (Wildman–Crippen LogP) is 1.01. The van der Waals surface area contributed by atoms with Crippen LogP contribution in [0.4, 0.5) is 4.39 Å². The number of rotatable bonds is 2. The Kier molecular flexibility index (Phi) is 3.58. The van der Waals surface area contributed by atoms with Crippen LogP contribution in [0.5, 0.6) is 5.75 Å². The van der Waals surface area contributed by atoms with Crippen LogP contribution in [0.2, 0.25) is 0 Å². The molecule has 1 aliphatic rings. The van der Waals surface area contributed by atoms with Crippen molar-refractivity contribution in [3.63, 3.8) is 0 Å². The second kappa shape index (κ2) is 5.14. The van der Waals surface area contributed by atoms with Crippen LogP contribution in [0.25, 0.3) is 0 Å². The van der Waals surface area contributed by atoms with Crippen LogP contribution in [-0.2, 0) is 0 Å². The number of carbonyl (C=O) groups is 1. The smallest absolute Gasteiger partial charge is 0.258 e. The summed E-state index contributed by atoms with van der Waals surface area (Å²) in [5.41, 5.74) is -0.280. The van der Waals surface area contributed by atoms with Crippen molar-refractivity contribution in [1.29, 1.82) is 0 Å². The van der Waals surface area contributed by atoms with E-state index >= 15 is 0 Å². The number of carbonyl (C=O) groups excluding carboxylic acids is 1. The molecule has 1 fully saturated rings. The fourth-order valence-electron chi connectivity index (χ4n) is 1.97. The summed E-state index contributed by atoms with van der Waals surface area (Å²) in [7, 11) is 0. The van der Waals surface area contributed by atoms with Crippen molar-refractivity contribution in [2.45, 2.75) is 18.9 Å². The number of phenolic OH excluding ortho intramolecular Hbond substituents is 1. The summed E-state index contributed by atoms with van der Waals surface area (Å²) in [4.78, 5) is 11.8. The molecule has 4 nitrogen and oxygen atoms in total. The molecule has 0 unspecified atom stereocenters. The fourth-order valence-corrected chi connectivity index (χ4v) is 1.97. The molecule has 1 heterocycles. The van der Waals surface area contributed by atoms with Crippen LogP contribution in [0, 0.1) is 5.82 Å². The van der Waals surface area contributed by atoms with Gasteiger partial charge in [0.2, 0.25) is 0 Å². The Morgan fingerprint density at radius 3 is 3.00 bits per heavy atom. The lowest BCUT2D eigenvalue weighted by Gasteiger charge is -2.24. The highest BCUT2D eigenvalue weighted by Gasteiger charge is 2.20. The zero-order valence-corrected chi connectivity index (χ0v) is 9.37. The van der Waals surface area contributed by atoms with Crippen molar-refractivity contribution < 1.29 is 14.3 Å². The van der Waals surface area contributed by atoms with Crippen molar-refractivity contribution in [3.8, 4) is 5.75 Å². The molecule has 2 rings (SSSR count). The van der Waals surface area contributed by atoms with Crippen molar-refractivity contribution in [2.24, 2.45) is 0 Å². The Bertz CT molecular complexity index is 397. The second-order valence-electron chi connectivity index (χ2n) is 4.15. The van der Waals surface area contributed by atoms with Gasteiger partial charge in [-0.2, -0.15) is 0 Å². The number of nitrogens with one attached hydrogen (secondary N) is 2. The lowest BCUT2D eigenvalue weighted by Crippen LogP contribution is -2.45. The Balaban J connectivity index is 2.08. The topological polar surface area (TPSA) is 61.4 Å². The average Bonchev–Trinajstić information content (AvgIpc) is 2.30. The van der Waals surface area contributed by atoms with Crippen molar-refractivity contribution in [3.05, 3.63) is 29.6 Å². The van der Waals surface area contributed by atoms with Gasteiger partial charge in [-0.1, -0.05) is 6.07 Å². The molecule has 1 atom stereocenters. The summed E-state index contributed by atoms with van der Waals surface area (Å²) >= 11 is 0. The number of benzene rings is 1. The SMILES string of the molecule is O=C(N[C@@H]1CCCNC1)c1c(O)cccc1F. The van der Waals surface area contributed by atoms with E-state index in [1.54, 1.807) is 0 Å². The molecular weight excluding hydrogens is 223 g/mol. The van der Waals surface area contributed by atoms with Gasteiger partial charge in [0, 0.05) is 12.6 Å². The second-order valence-corrected chi connectivity index (χ2v) is 4.15. The molecule has 0 bridgehead atoms. The Morgan fingerprint density at radius 2 is 2.35 bits per heavy atom. The van der Waals surface area contributed by atoms with Crippen molar-refractivity contribution >= 4 is 5.91 Å². The molecule has 1 aromatic carbocycles. The summed E-state index contributed by atoms with van der Waals surface area (Å²) in [5, 5.41) is 15.3. The van der Waals surface area contributed by atoms with E-state index in [2.05, 4.69) is 10.6 Å². The number of piperidine rings is 1. The van der Waals surface area contributed by atoms with Gasteiger partial charge in [-0.25, -0.2) is 4.39 Å². The maximum absolute atomic E-state index is 13.4. The summed E-state index contributed by atoms with van der Waals surface area (Å²) in [6.07, 6.45) is 1.85. The highest BCUT2D eigenvalue weighted by Crippen LogP contribution is 2.19. The van der Waals surface area contributed by atoms with Gasteiger partial charge < -0.3 is 15.7 Å². The molecule has 1 aliphatic heterocycles. The van der Waals surface area contributed by atoms with E-state index in [-0.39, 0.29) is 17.4 Å². The molecular formula is C12H15FN2O2. The molecule has 1 saturated heterocycles. The summed E-state index contributed by atoms with van der Waals surface area (Å²) < 4.78 is 13.4. The van der Waals surface area contributed by atoms with Crippen LogP contribution >= 0.6 is 0 Å². The number of aromatic hydroxyl groups is 1. The maximum atomic E-state index is 13.4. The fraction of sp³-hybridized carbons (Fsp3) is 0.417. The zero-order chi connectivity index (χ0) is 12.3. The lowest BCUT2D eigenvalue weighted by atomic mass is 10.1. The van der Waals surface area contributed by atoms with E-state index in [4.69, 9.17) is 0 Å². The van der Waals surface area contributed by atoms with Gasteiger partial charge in [-0.15, -0.1) is 0 Å². The Hall–Kier alpha value is -1.62. The van der Waals surface area contributed by atoms with E-state index in [1.807, 2.05) is 0 Å². The highest BCUT2D eigenvalue weighted by atomic mass is 19.1. The van der Waals surface area contributed by atoms with Gasteiger partial charge in [0.15, 0.2) is 0 Å². The van der Waals surface area contributed by atoms with Gasteiger partial charge >= 0.3 is 0 Å². The van der Waals surface area contributed by atoms with E-state index in [1.165, 1.54) is 12.1 Å². The van der Waals surface area contributed by atoms with E-state index in [0.29, 0.717) is 6.54 Å². The van der Waals surface area contributed by atoms with E-state index < -0.39 is 11.7 Å². The summed E-state index contributed by atoms with van der Waals surface area (Å²) in [6, 6.07) is 3.82. The molecule has 1 amide bonds. The number of phenols is 1. The molecule has 5 heteroatoms. The van der Waals surface area contributed by atoms with Crippen molar-refractivity contribution in [2.75, 3.05) is 13.1 Å². The van der Waals surface area contributed by atoms with Gasteiger partial charge in [0.1, 0.15) is 17.1 Å². The molecule has 1 aromatic rings. The first-order valence-corrected chi connectivity index (χ1v) is 5.67. The summed E-state index contributed by atoms with van der Waals surface area (Å²) in [6.45, 7) is 1.62. The van der Waals surface area contributed by atoms with Crippen LogP contribution < -0.4 is 10.6 Å². The van der Waals surface area contributed by atoms with Crippen LogP contribution in [0.1, 0.15) is 23.2 Å². The number of amides is 1. The minimum absolute atomic E-state index is 0.00439. The molecule has 0 aromatic heterocycles. The van der Waals surface area contributed by atoms with Gasteiger partial charge in [0.25, 0.3) is 5.91 Å². The third-order valence-corrected chi connectivity index (χ3v) is 2.85. The zero-order valence-electron chi connectivity index (χ0n) is 9.37. The number of halogens is 1. The molecule has 0 saturated carbocycles. The number of hydrogen-bond donors (Lipinski definition) is 3. The molecule has 0 spiro atoms. The third-order valence-electron chi connectivity index (χ3n) is 2.85. The van der Waals surface area contributed by atoms with Gasteiger partial charge in [-0.3, -0.25) is 4.79 Å². The lowest BCUT2D eigenvalue weighted by molar-refractivity contribution is 0.0923. The Labute approximate surface area is 98.8 Å². The Morgan fingerprint density at radius 1 is 1.53 bits per heavy atom. The standard InChI is InChI=1S/C12H15FN2O2/c13-9-4-1-5-10(16)11(9)12(17)15-8-3-2-6-14-7-8/h1,4-5,8,14,16H,2-3,6-7H2,(H,15,17)/t8-/m1/s1. The minimum atomic E-state index is -0.703. The quantitative estimate of drug-likeness (QED) is 0.720. The first-order valence-electron chi connectivity index (χ1n) is 5.67. The molecule has 3 N–H and O–H groups in total. The minimum Gasteiger partial charge on any atom is -0.507 e. The summed E-state index contributed by atoms with van der Waals surface area (Å²) in [5.74, 6) is -1.59. The molecule has 92 valence electrons. The van der Waals surface area contributed by atoms with E-state index in [0.717, 1.165) is 25.5 Å². The predicted molar refractivity (Wildman–Crippen MR) is 61.4 cm³/mol. The first-order chi connectivity index (χ1) is 8.18. The van der Waals surface area contributed by atoms with Crippen LogP contribution in [0.3, 0.4) is 0 Å². The third kappa shape index (κ3) is 2.74. The van der Waals surface area contributed by atoms with E-state index in [9.17, 15) is 14.3 Å². The average molecular weight is 238 g/mol. The number of hydrogen-bond acceptors (Lipinski definition) is 3. The molecule has 0 radical (unpaired) electrons. The van der Waals surface area contributed by atoms with Crippen LogP contribution in [0.15, 0.2) is 18.2 Å².